The smallest absolute Gasteiger partial charge is 0.293 e. The number of rotatable bonds is 13. The first kappa shape index (κ1) is 40.7. The standard InChI is InChI=1S/C49H48N6O7S/c56-49(53-63(59,60)39-16-18-44(45(27-39)55(57)58)51-28-31-20-23-61-24-21-31)43-17-13-34(26-46(43)62-38-25-35-19-22-50-48(35)52-29-38)32-11-14-37(15-12-32)54-30-36-5-1-2-7-41(36)47(54)42-8-4-3-6-40(42)33-9-10-33/h1-8,11,13,16-19,22,25-27,29,31,33,37,47,51H,9-10,12,14-15,20-21,23-24,28,30H2,(H,50,52)(H,53,56). The van der Waals surface area contributed by atoms with Gasteiger partial charge in [-0.05, 0) is 127 Å². The predicted molar refractivity (Wildman–Crippen MR) is 240 cm³/mol. The van der Waals surface area contributed by atoms with Crippen molar-refractivity contribution in [2.75, 3.05) is 25.1 Å². The maximum Gasteiger partial charge on any atom is 0.293 e. The molecule has 4 aliphatic rings. The van der Waals surface area contributed by atoms with Gasteiger partial charge in [0.15, 0.2) is 0 Å². The number of pyridine rings is 1. The van der Waals surface area contributed by atoms with E-state index in [0.29, 0.717) is 43.1 Å². The molecule has 2 unspecified atom stereocenters. The average Bonchev–Trinajstić information content (AvgIpc) is 3.92. The van der Waals surface area contributed by atoms with Crippen molar-refractivity contribution in [1.29, 1.82) is 0 Å². The van der Waals surface area contributed by atoms with Crippen LogP contribution in [0.5, 0.6) is 11.5 Å². The molecule has 3 N–H and O–H groups in total. The van der Waals surface area contributed by atoms with Gasteiger partial charge in [0, 0.05) is 50.0 Å². The van der Waals surface area contributed by atoms with Gasteiger partial charge in [-0.15, -0.1) is 0 Å². The van der Waals surface area contributed by atoms with Crippen LogP contribution in [0, 0.1) is 16.0 Å². The third-order valence-electron chi connectivity index (χ3n) is 13.0. The molecule has 10 rings (SSSR count). The van der Waals surface area contributed by atoms with E-state index >= 15 is 0 Å². The Bertz CT molecular complexity index is 2870. The molecule has 14 heteroatoms. The molecular weight excluding hydrogens is 817 g/mol. The fourth-order valence-electron chi connectivity index (χ4n) is 9.52. The molecule has 2 fully saturated rings. The number of carbonyl (C=O) groups excluding carboxylic acids is 1. The van der Waals surface area contributed by atoms with Gasteiger partial charge in [0.05, 0.1) is 27.6 Å². The van der Waals surface area contributed by atoms with Crippen molar-refractivity contribution in [1.82, 2.24) is 19.6 Å². The number of sulfonamides is 1. The number of carbonyl (C=O) groups is 1. The fraction of sp³-hybridized carbons (Fsp3) is 0.306. The normalized spacial score (nSPS) is 19.3. The molecule has 0 bridgehead atoms. The number of amides is 1. The topological polar surface area (TPSA) is 169 Å². The number of allylic oxidation sites excluding steroid dienone is 1. The molecule has 1 saturated carbocycles. The summed E-state index contributed by atoms with van der Waals surface area (Å²) in [5.41, 5.74) is 8.05. The summed E-state index contributed by atoms with van der Waals surface area (Å²) in [4.78, 5) is 35.2. The van der Waals surface area contributed by atoms with Gasteiger partial charge < -0.3 is 19.8 Å². The van der Waals surface area contributed by atoms with Gasteiger partial charge in [-0.1, -0.05) is 60.7 Å². The molecule has 2 atom stereocenters. The molecule has 1 saturated heterocycles. The number of nitrogens with zero attached hydrogens (tertiary/aromatic N) is 3. The van der Waals surface area contributed by atoms with Crippen LogP contribution >= 0.6 is 0 Å². The number of hydrogen-bond donors (Lipinski definition) is 3. The average molecular weight is 865 g/mol. The number of hydrogen-bond acceptors (Lipinski definition) is 10. The Morgan fingerprint density at radius 1 is 0.921 bits per heavy atom. The van der Waals surface area contributed by atoms with E-state index in [9.17, 15) is 23.3 Å². The monoisotopic (exact) mass is 864 g/mol. The second-order valence-corrected chi connectivity index (χ2v) is 18.7. The third kappa shape index (κ3) is 8.45. The van der Waals surface area contributed by atoms with Crippen molar-refractivity contribution in [3.05, 3.63) is 159 Å². The van der Waals surface area contributed by atoms with E-state index in [1.165, 1.54) is 53.4 Å². The molecule has 6 aromatic rings. The minimum atomic E-state index is -4.56. The molecule has 1 amide bonds. The van der Waals surface area contributed by atoms with Crippen LogP contribution in [0.1, 0.15) is 95.1 Å². The SMILES string of the molecule is O=C(NS(=O)(=O)c1ccc(NCC2CCOCC2)c([N+](=O)[O-])c1)c1ccc(C2=CCC(N3Cc4ccccc4C3c3ccccc3C3CC3)CC2)cc1Oc1cnc2[nH]ccc2c1. The quantitative estimate of drug-likeness (QED) is 0.0751. The highest BCUT2D eigenvalue weighted by atomic mass is 32.2. The molecule has 4 aromatic carbocycles. The minimum Gasteiger partial charge on any atom is -0.455 e. The Morgan fingerprint density at radius 3 is 2.49 bits per heavy atom. The van der Waals surface area contributed by atoms with Crippen molar-refractivity contribution in [2.45, 2.75) is 74.4 Å². The Hall–Kier alpha value is -6.35. The van der Waals surface area contributed by atoms with Crippen LogP contribution < -0.4 is 14.8 Å². The molecule has 2 aromatic heterocycles. The number of aromatic amines is 1. The molecular formula is C49H48N6O7S. The van der Waals surface area contributed by atoms with E-state index in [1.807, 2.05) is 12.1 Å². The molecule has 0 spiro atoms. The largest absolute Gasteiger partial charge is 0.455 e. The lowest BCUT2D eigenvalue weighted by Crippen LogP contribution is -2.35. The number of nitro benzene ring substituents is 1. The van der Waals surface area contributed by atoms with Crippen molar-refractivity contribution >= 4 is 43.9 Å². The summed E-state index contributed by atoms with van der Waals surface area (Å²) in [6, 6.07) is 30.7. The van der Waals surface area contributed by atoms with Crippen LogP contribution in [-0.2, 0) is 21.3 Å². The molecule has 2 aliphatic heterocycles. The van der Waals surface area contributed by atoms with Crippen LogP contribution in [0.4, 0.5) is 11.4 Å². The zero-order valence-corrected chi connectivity index (χ0v) is 35.5. The lowest BCUT2D eigenvalue weighted by molar-refractivity contribution is -0.384. The summed E-state index contributed by atoms with van der Waals surface area (Å²) in [6.45, 7) is 2.63. The zero-order valence-electron chi connectivity index (χ0n) is 34.7. The maximum atomic E-state index is 14.0. The Morgan fingerprint density at radius 2 is 1.71 bits per heavy atom. The van der Waals surface area contributed by atoms with Crippen molar-refractivity contribution in [3.63, 3.8) is 0 Å². The second-order valence-electron chi connectivity index (χ2n) is 17.0. The molecule has 63 heavy (non-hydrogen) atoms. The first-order chi connectivity index (χ1) is 30.7. The number of nitro groups is 1. The van der Waals surface area contributed by atoms with E-state index < -0.39 is 31.4 Å². The van der Waals surface area contributed by atoms with Crippen molar-refractivity contribution in [3.8, 4) is 11.5 Å². The first-order valence-electron chi connectivity index (χ1n) is 21.7. The van der Waals surface area contributed by atoms with E-state index in [2.05, 4.69) is 79.5 Å². The highest BCUT2D eigenvalue weighted by Crippen LogP contribution is 2.49. The summed E-state index contributed by atoms with van der Waals surface area (Å²) in [5.74, 6) is 0.473. The van der Waals surface area contributed by atoms with Crippen LogP contribution in [0.15, 0.2) is 120 Å². The highest BCUT2D eigenvalue weighted by molar-refractivity contribution is 7.90. The lowest BCUT2D eigenvalue weighted by Gasteiger charge is -2.36. The van der Waals surface area contributed by atoms with Gasteiger partial charge in [-0.2, -0.15) is 0 Å². The van der Waals surface area contributed by atoms with Crippen LogP contribution in [0.2, 0.25) is 0 Å². The molecule has 13 nitrogen and oxygen atoms in total. The van der Waals surface area contributed by atoms with Crippen LogP contribution in [-0.4, -0.2) is 59.9 Å². The Kier molecular flexibility index (Phi) is 11.0. The molecule has 2 aliphatic carbocycles. The number of fused-ring (bicyclic) bond motifs is 2. The summed E-state index contributed by atoms with van der Waals surface area (Å²) in [6.07, 6.45) is 12.3. The predicted octanol–water partition coefficient (Wildman–Crippen LogP) is 9.64. The van der Waals surface area contributed by atoms with E-state index in [0.717, 1.165) is 61.2 Å². The van der Waals surface area contributed by atoms with Gasteiger partial charge >= 0.3 is 0 Å². The minimum absolute atomic E-state index is 0.0259. The van der Waals surface area contributed by atoms with Gasteiger partial charge in [0.1, 0.15) is 22.8 Å². The van der Waals surface area contributed by atoms with Gasteiger partial charge in [0.25, 0.3) is 21.6 Å². The highest BCUT2D eigenvalue weighted by Gasteiger charge is 2.39. The van der Waals surface area contributed by atoms with Crippen molar-refractivity contribution in [2.24, 2.45) is 5.92 Å². The van der Waals surface area contributed by atoms with Crippen LogP contribution in [0.25, 0.3) is 16.6 Å². The number of nitrogens with one attached hydrogen (secondary N) is 3. The van der Waals surface area contributed by atoms with Gasteiger partial charge in [-0.25, -0.2) is 18.1 Å². The Balaban J connectivity index is 0.912. The van der Waals surface area contributed by atoms with E-state index in [4.69, 9.17) is 9.47 Å². The summed E-state index contributed by atoms with van der Waals surface area (Å²) >= 11 is 0. The molecule has 322 valence electrons. The number of anilines is 1. The van der Waals surface area contributed by atoms with Crippen LogP contribution in [0.3, 0.4) is 0 Å². The molecule has 4 heterocycles. The van der Waals surface area contributed by atoms with Gasteiger partial charge in [-0.3, -0.25) is 19.8 Å². The second kappa shape index (κ2) is 17.1. The number of benzene rings is 4. The zero-order chi connectivity index (χ0) is 43.1. The number of aromatic nitrogens is 2. The molecule has 0 radical (unpaired) electrons. The summed E-state index contributed by atoms with van der Waals surface area (Å²) in [7, 11) is -4.56. The van der Waals surface area contributed by atoms with E-state index in [1.54, 1.807) is 24.4 Å². The van der Waals surface area contributed by atoms with Gasteiger partial charge in [0.2, 0.25) is 0 Å². The first-order valence-corrected chi connectivity index (χ1v) is 23.2. The summed E-state index contributed by atoms with van der Waals surface area (Å²) in [5, 5.41) is 16.0. The number of H-pyrrole nitrogens is 1. The maximum absolute atomic E-state index is 14.0. The number of ether oxygens (including phenoxy) is 2. The summed E-state index contributed by atoms with van der Waals surface area (Å²) < 4.78 is 41.4. The lowest BCUT2D eigenvalue weighted by atomic mass is 9.87. The Labute approximate surface area is 365 Å². The van der Waals surface area contributed by atoms with Crippen molar-refractivity contribution < 1.29 is 27.6 Å². The fourth-order valence-corrected chi connectivity index (χ4v) is 10.5. The van der Waals surface area contributed by atoms with E-state index in [-0.39, 0.29) is 29.0 Å². The third-order valence-corrected chi connectivity index (χ3v) is 14.3.